The second kappa shape index (κ2) is 9.40. The van der Waals surface area contributed by atoms with E-state index < -0.39 is 0 Å². The summed E-state index contributed by atoms with van der Waals surface area (Å²) in [5.41, 5.74) is 9.13. The maximum Gasteiger partial charge on any atom is -1.00 e. The Balaban J connectivity index is 0.00000181. The molecule has 0 bridgehead atoms. The molecule has 0 saturated carbocycles. The van der Waals surface area contributed by atoms with Crippen molar-refractivity contribution >= 4 is 14.5 Å². The SMILES string of the molecule is CC(C)=c1c(C(C)(C)C)cc2c(c1C1=CC=CC1)[C]([Hf+2])=c1c(C(C)(C)C)cccc1=2.[Cl-].[Cl-]. The van der Waals surface area contributed by atoms with Gasteiger partial charge in [0.05, 0.1) is 0 Å². The number of rotatable bonds is 1. The summed E-state index contributed by atoms with van der Waals surface area (Å²) in [5.74, 6) is 0. The van der Waals surface area contributed by atoms with Crippen molar-refractivity contribution in [3.63, 3.8) is 0 Å². The van der Waals surface area contributed by atoms with E-state index in [9.17, 15) is 0 Å². The topological polar surface area (TPSA) is 0 Å². The van der Waals surface area contributed by atoms with Crippen LogP contribution in [-0.4, -0.2) is 0 Å². The van der Waals surface area contributed by atoms with Gasteiger partial charge in [-0.05, 0) is 0 Å². The molecule has 0 nitrogen and oxygen atoms in total. The Morgan fingerprint density at radius 1 is 0.844 bits per heavy atom. The van der Waals surface area contributed by atoms with Crippen LogP contribution in [0.3, 0.4) is 0 Å². The van der Waals surface area contributed by atoms with Gasteiger partial charge in [0.1, 0.15) is 0 Å². The standard InChI is InChI=1S/C29H33.2ClH.Hf/c1-18(2)26-25(29(6,7)8)17-21-20-14-11-15-24(28(3,4)5)22(20)16-23(21)27(26)19-12-9-10-13-19;;;/h9-12,14-15,17H,13H2,1-8H3;2*1H;/q;;;+2/p-2. The molecule has 0 radical (unpaired) electrons. The summed E-state index contributed by atoms with van der Waals surface area (Å²) in [6, 6.07) is 9.50. The van der Waals surface area contributed by atoms with E-state index in [2.05, 4.69) is 97.9 Å². The third-order valence-electron chi connectivity index (χ3n) is 6.39. The molecule has 2 aromatic rings. The van der Waals surface area contributed by atoms with E-state index in [1.54, 1.807) is 3.33 Å². The number of halogens is 2. The molecular formula is C29H33Cl2Hf. The number of hydrogen-bond donors (Lipinski definition) is 0. The summed E-state index contributed by atoms with van der Waals surface area (Å²) in [7, 11) is 0. The Morgan fingerprint density at radius 2 is 1.47 bits per heavy atom. The third kappa shape index (κ3) is 4.42. The smallest absolute Gasteiger partial charge is 1.00 e. The van der Waals surface area contributed by atoms with Gasteiger partial charge < -0.3 is 24.8 Å². The minimum Gasteiger partial charge on any atom is -1.00 e. The quantitative estimate of drug-likeness (QED) is 0.394. The summed E-state index contributed by atoms with van der Waals surface area (Å²) >= 11 is 1.05. The van der Waals surface area contributed by atoms with E-state index in [-0.39, 0.29) is 35.6 Å². The number of fused-ring (bicyclic) bond motifs is 2. The van der Waals surface area contributed by atoms with Gasteiger partial charge in [-0.2, -0.15) is 0 Å². The van der Waals surface area contributed by atoms with Gasteiger partial charge in [0, 0.05) is 0 Å². The molecule has 3 heteroatoms. The molecule has 0 N–H and O–H groups in total. The van der Waals surface area contributed by atoms with Crippen LogP contribution in [0.2, 0.25) is 0 Å². The van der Waals surface area contributed by atoms with Crippen LogP contribution in [-0.2, 0) is 35.2 Å². The average Bonchev–Trinajstić information content (AvgIpc) is 3.26. The molecule has 2 aliphatic carbocycles. The monoisotopic (exact) mass is 631 g/mol. The van der Waals surface area contributed by atoms with Crippen molar-refractivity contribution in [2.75, 3.05) is 0 Å². The molecule has 2 aromatic carbocycles. The number of benzene rings is 2. The minimum atomic E-state index is 0. The van der Waals surface area contributed by atoms with Crippen LogP contribution in [0.4, 0.5) is 0 Å². The molecular weight excluding hydrogens is 598 g/mol. The maximum absolute atomic E-state index is 2.53. The molecule has 0 aliphatic heterocycles. The summed E-state index contributed by atoms with van der Waals surface area (Å²) in [4.78, 5) is 0. The Morgan fingerprint density at radius 3 is 1.97 bits per heavy atom. The van der Waals surface area contributed by atoms with E-state index in [1.807, 2.05) is 0 Å². The Hall–Kier alpha value is -0.890. The van der Waals surface area contributed by atoms with Gasteiger partial charge in [0.2, 0.25) is 0 Å². The zero-order valence-corrected chi connectivity index (χ0v) is 25.6. The van der Waals surface area contributed by atoms with Crippen LogP contribution in [0.5, 0.6) is 0 Å². The van der Waals surface area contributed by atoms with Gasteiger partial charge in [-0.15, -0.1) is 0 Å². The molecule has 0 aromatic heterocycles. The van der Waals surface area contributed by atoms with E-state index in [0.717, 1.165) is 30.8 Å². The Bertz CT molecular complexity index is 1340. The first-order chi connectivity index (χ1) is 13.9. The summed E-state index contributed by atoms with van der Waals surface area (Å²) < 4.78 is 1.58. The fraction of sp³-hybridized carbons (Fsp3) is 0.379. The normalized spacial score (nSPS) is 14.4. The van der Waals surface area contributed by atoms with Crippen LogP contribution in [0.15, 0.2) is 42.5 Å². The van der Waals surface area contributed by atoms with Crippen molar-refractivity contribution in [1.29, 1.82) is 0 Å². The van der Waals surface area contributed by atoms with Gasteiger partial charge in [-0.3, -0.25) is 0 Å². The molecule has 32 heavy (non-hydrogen) atoms. The summed E-state index contributed by atoms with van der Waals surface area (Å²) in [5, 5.41) is 5.90. The van der Waals surface area contributed by atoms with E-state index >= 15 is 0 Å². The largest absolute Gasteiger partial charge is 1.00 e. The molecule has 4 rings (SSSR count). The predicted octanol–water partition coefficient (Wildman–Crippen LogP) is 0.127. The second-order valence-corrected chi connectivity index (χ2v) is 12.8. The van der Waals surface area contributed by atoms with E-state index in [1.165, 1.54) is 54.3 Å². The van der Waals surface area contributed by atoms with Gasteiger partial charge in [-0.25, -0.2) is 0 Å². The fourth-order valence-electron chi connectivity index (χ4n) is 5.02. The van der Waals surface area contributed by atoms with Gasteiger partial charge in [0.15, 0.2) is 0 Å². The zero-order valence-electron chi connectivity index (χ0n) is 20.5. The van der Waals surface area contributed by atoms with Crippen molar-refractivity contribution in [2.45, 2.75) is 72.6 Å². The van der Waals surface area contributed by atoms with Crippen LogP contribution >= 0.6 is 0 Å². The molecule has 0 amide bonds. The molecule has 167 valence electrons. The van der Waals surface area contributed by atoms with E-state index in [4.69, 9.17) is 0 Å². The van der Waals surface area contributed by atoms with Crippen LogP contribution in [0, 0.1) is 10.4 Å². The van der Waals surface area contributed by atoms with Crippen molar-refractivity contribution in [3.8, 4) is 0 Å². The van der Waals surface area contributed by atoms with E-state index in [0.29, 0.717) is 0 Å². The molecule has 0 heterocycles. The third-order valence-corrected chi connectivity index (χ3v) is 8.19. The molecule has 0 spiro atoms. The number of allylic oxidation sites excluding steroid dienone is 4. The zero-order chi connectivity index (χ0) is 22.0. The van der Waals surface area contributed by atoms with Crippen LogP contribution in [0.25, 0.3) is 14.5 Å². The first-order valence-electron chi connectivity index (χ1n) is 11.0. The van der Waals surface area contributed by atoms with Gasteiger partial charge >= 0.3 is 197 Å². The number of hydrogen-bond acceptors (Lipinski definition) is 0. The molecule has 0 unspecified atom stereocenters. The van der Waals surface area contributed by atoms with Crippen LogP contribution in [0.1, 0.15) is 84.1 Å². The van der Waals surface area contributed by atoms with Crippen molar-refractivity contribution < 1.29 is 49.2 Å². The second-order valence-electron chi connectivity index (χ2n) is 11.0. The van der Waals surface area contributed by atoms with Crippen molar-refractivity contribution in [2.24, 2.45) is 0 Å². The Kier molecular flexibility index (Phi) is 8.03. The fourth-order valence-corrected chi connectivity index (χ4v) is 6.92. The van der Waals surface area contributed by atoms with Gasteiger partial charge in [-0.1, -0.05) is 0 Å². The first kappa shape index (κ1) is 27.4. The van der Waals surface area contributed by atoms with Crippen molar-refractivity contribution in [1.82, 2.24) is 0 Å². The average molecular weight is 631 g/mol. The molecule has 2 aliphatic rings. The van der Waals surface area contributed by atoms with Gasteiger partial charge in [0.25, 0.3) is 0 Å². The minimum absolute atomic E-state index is 0. The summed E-state index contributed by atoms with van der Waals surface area (Å²) in [6.07, 6.45) is 7.92. The first-order valence-corrected chi connectivity index (χ1v) is 12.8. The predicted molar refractivity (Wildman–Crippen MR) is 126 cm³/mol. The Labute approximate surface area is 220 Å². The van der Waals surface area contributed by atoms with Crippen LogP contribution < -0.4 is 35.3 Å². The summed E-state index contributed by atoms with van der Waals surface area (Å²) in [6.45, 7) is 18.7. The maximum atomic E-state index is 2.53. The van der Waals surface area contributed by atoms with Crippen molar-refractivity contribution in [3.05, 3.63) is 85.6 Å². The molecule has 0 saturated heterocycles. The molecule has 0 atom stereocenters. The molecule has 0 fully saturated rings.